The van der Waals surface area contributed by atoms with Crippen LogP contribution < -0.4 is 4.74 Å². The molecule has 0 saturated carbocycles. The summed E-state index contributed by atoms with van der Waals surface area (Å²) >= 11 is 0. The van der Waals surface area contributed by atoms with E-state index in [0.717, 1.165) is 6.42 Å². The Morgan fingerprint density at radius 3 is 2.81 bits per heavy atom. The summed E-state index contributed by atoms with van der Waals surface area (Å²) in [5.41, 5.74) is 0.278. The topological polar surface area (TPSA) is 35.5 Å². The van der Waals surface area contributed by atoms with Gasteiger partial charge in [-0.2, -0.15) is 0 Å². The summed E-state index contributed by atoms with van der Waals surface area (Å²) < 4.78 is 23.4. The number of carbonyl (C=O) groups is 1. The van der Waals surface area contributed by atoms with Crippen molar-refractivity contribution in [3.63, 3.8) is 0 Å². The molecule has 0 radical (unpaired) electrons. The summed E-state index contributed by atoms with van der Waals surface area (Å²) in [7, 11) is 0. The van der Waals surface area contributed by atoms with Gasteiger partial charge >= 0.3 is 0 Å². The van der Waals surface area contributed by atoms with Gasteiger partial charge in [-0.15, -0.1) is 0 Å². The van der Waals surface area contributed by atoms with Crippen molar-refractivity contribution in [2.24, 2.45) is 0 Å². The smallest absolute Gasteiger partial charge is 0.150 e. The van der Waals surface area contributed by atoms with E-state index in [1.54, 1.807) is 0 Å². The number of benzene rings is 1. The number of hydrogen-bond acceptors (Lipinski definition) is 3. The highest BCUT2D eigenvalue weighted by Crippen LogP contribution is 2.15. The second-order valence-corrected chi connectivity index (χ2v) is 3.24. The predicted molar refractivity (Wildman–Crippen MR) is 58.4 cm³/mol. The summed E-state index contributed by atoms with van der Waals surface area (Å²) in [6.07, 6.45) is 1.33. The van der Waals surface area contributed by atoms with Crippen LogP contribution in [0.15, 0.2) is 18.2 Å². The van der Waals surface area contributed by atoms with Gasteiger partial charge in [0.15, 0.2) is 0 Å². The van der Waals surface area contributed by atoms with Crippen LogP contribution in [0.25, 0.3) is 0 Å². The van der Waals surface area contributed by atoms with Gasteiger partial charge in [-0.25, -0.2) is 4.39 Å². The van der Waals surface area contributed by atoms with Gasteiger partial charge < -0.3 is 9.47 Å². The van der Waals surface area contributed by atoms with Crippen LogP contribution in [0.4, 0.5) is 4.39 Å². The third kappa shape index (κ3) is 4.40. The Morgan fingerprint density at radius 1 is 1.31 bits per heavy atom. The van der Waals surface area contributed by atoms with Crippen LogP contribution >= 0.6 is 0 Å². The molecule has 0 atom stereocenters. The van der Waals surface area contributed by atoms with E-state index in [1.165, 1.54) is 18.2 Å². The van der Waals surface area contributed by atoms with Gasteiger partial charge in [-0.1, -0.05) is 0 Å². The quantitative estimate of drug-likeness (QED) is 0.529. The third-order valence-electron chi connectivity index (χ3n) is 1.94. The van der Waals surface area contributed by atoms with E-state index >= 15 is 0 Å². The molecule has 0 heterocycles. The second-order valence-electron chi connectivity index (χ2n) is 3.24. The molecule has 0 amide bonds. The van der Waals surface area contributed by atoms with E-state index in [0.29, 0.717) is 31.9 Å². The summed E-state index contributed by atoms with van der Waals surface area (Å²) in [5, 5.41) is 0. The molecule has 88 valence electrons. The number of aldehydes is 1. The highest BCUT2D eigenvalue weighted by molar-refractivity contribution is 5.75. The lowest BCUT2D eigenvalue weighted by molar-refractivity contribution is 0.112. The highest BCUT2D eigenvalue weighted by atomic mass is 19.1. The van der Waals surface area contributed by atoms with Crippen LogP contribution in [-0.2, 0) is 4.74 Å². The zero-order valence-corrected chi connectivity index (χ0v) is 9.24. The monoisotopic (exact) mass is 226 g/mol. The SMILES string of the molecule is CCOCCCOc1cc(F)cc(C=O)c1. The first kappa shape index (κ1) is 12.6. The molecule has 1 aromatic carbocycles. The number of carbonyl (C=O) groups excluding carboxylic acids is 1. The number of rotatable bonds is 7. The molecule has 0 spiro atoms. The molecule has 0 saturated heterocycles. The molecule has 0 unspecified atom stereocenters. The molecule has 0 aromatic heterocycles. The Kier molecular flexibility index (Phi) is 5.50. The summed E-state index contributed by atoms with van der Waals surface area (Å²) in [5.74, 6) is -0.0944. The Morgan fingerprint density at radius 2 is 2.12 bits per heavy atom. The fourth-order valence-corrected chi connectivity index (χ4v) is 1.23. The van der Waals surface area contributed by atoms with Crippen molar-refractivity contribution in [2.45, 2.75) is 13.3 Å². The van der Waals surface area contributed by atoms with E-state index in [-0.39, 0.29) is 5.56 Å². The molecule has 0 aliphatic rings. The van der Waals surface area contributed by atoms with Crippen molar-refractivity contribution in [3.8, 4) is 5.75 Å². The summed E-state index contributed by atoms with van der Waals surface area (Å²) in [6, 6.07) is 3.94. The van der Waals surface area contributed by atoms with E-state index in [9.17, 15) is 9.18 Å². The Hall–Kier alpha value is -1.42. The number of halogens is 1. The largest absolute Gasteiger partial charge is 0.493 e. The van der Waals surface area contributed by atoms with Crippen molar-refractivity contribution in [1.82, 2.24) is 0 Å². The molecule has 0 fully saturated rings. The van der Waals surface area contributed by atoms with Crippen molar-refractivity contribution < 1.29 is 18.7 Å². The van der Waals surface area contributed by atoms with Gasteiger partial charge in [0.2, 0.25) is 0 Å². The average Bonchev–Trinajstić information content (AvgIpc) is 2.28. The van der Waals surface area contributed by atoms with Crippen LogP contribution in [0, 0.1) is 5.82 Å². The van der Waals surface area contributed by atoms with Crippen LogP contribution in [0.2, 0.25) is 0 Å². The molecular formula is C12H15FO3. The number of ether oxygens (including phenoxy) is 2. The lowest BCUT2D eigenvalue weighted by Gasteiger charge is -2.06. The molecule has 0 aliphatic carbocycles. The lowest BCUT2D eigenvalue weighted by Crippen LogP contribution is -2.03. The zero-order valence-electron chi connectivity index (χ0n) is 9.24. The molecule has 0 aliphatic heterocycles. The minimum absolute atomic E-state index is 0.278. The maximum atomic E-state index is 13.0. The number of hydrogen-bond donors (Lipinski definition) is 0. The molecule has 16 heavy (non-hydrogen) atoms. The van der Waals surface area contributed by atoms with E-state index in [1.807, 2.05) is 6.92 Å². The van der Waals surface area contributed by atoms with Crippen molar-refractivity contribution in [2.75, 3.05) is 19.8 Å². The minimum Gasteiger partial charge on any atom is -0.493 e. The van der Waals surface area contributed by atoms with Gasteiger partial charge in [0, 0.05) is 31.3 Å². The van der Waals surface area contributed by atoms with Crippen LogP contribution in [-0.4, -0.2) is 26.1 Å². The predicted octanol–water partition coefficient (Wildman–Crippen LogP) is 2.44. The summed E-state index contributed by atoms with van der Waals surface area (Å²) in [4.78, 5) is 10.5. The average molecular weight is 226 g/mol. The van der Waals surface area contributed by atoms with Crippen molar-refractivity contribution in [1.29, 1.82) is 0 Å². The van der Waals surface area contributed by atoms with Gasteiger partial charge in [0.05, 0.1) is 6.61 Å². The van der Waals surface area contributed by atoms with Gasteiger partial charge in [-0.05, 0) is 19.1 Å². The fourth-order valence-electron chi connectivity index (χ4n) is 1.23. The third-order valence-corrected chi connectivity index (χ3v) is 1.94. The molecular weight excluding hydrogens is 211 g/mol. The van der Waals surface area contributed by atoms with Crippen molar-refractivity contribution >= 4 is 6.29 Å². The normalized spacial score (nSPS) is 10.1. The molecule has 3 nitrogen and oxygen atoms in total. The van der Waals surface area contributed by atoms with Gasteiger partial charge in [0.25, 0.3) is 0 Å². The second kappa shape index (κ2) is 6.95. The van der Waals surface area contributed by atoms with Crippen molar-refractivity contribution in [3.05, 3.63) is 29.6 Å². The standard InChI is InChI=1S/C12H15FO3/c1-2-15-4-3-5-16-12-7-10(9-14)6-11(13)8-12/h6-9H,2-5H2,1H3. The van der Waals surface area contributed by atoms with E-state index < -0.39 is 5.82 Å². The molecule has 4 heteroatoms. The molecule has 0 bridgehead atoms. The zero-order chi connectivity index (χ0) is 11.8. The Balaban J connectivity index is 2.41. The molecule has 1 aromatic rings. The van der Waals surface area contributed by atoms with Crippen LogP contribution in [0.3, 0.4) is 0 Å². The minimum atomic E-state index is -0.468. The maximum absolute atomic E-state index is 13.0. The fraction of sp³-hybridized carbons (Fsp3) is 0.417. The van der Waals surface area contributed by atoms with E-state index in [2.05, 4.69) is 0 Å². The lowest BCUT2D eigenvalue weighted by atomic mass is 10.2. The first-order valence-corrected chi connectivity index (χ1v) is 5.22. The first-order valence-electron chi connectivity index (χ1n) is 5.22. The molecule has 0 N–H and O–H groups in total. The van der Waals surface area contributed by atoms with E-state index in [4.69, 9.17) is 9.47 Å². The Bertz CT molecular complexity index is 339. The maximum Gasteiger partial charge on any atom is 0.150 e. The van der Waals surface area contributed by atoms with Crippen LogP contribution in [0.5, 0.6) is 5.75 Å². The van der Waals surface area contributed by atoms with Gasteiger partial charge in [-0.3, -0.25) is 4.79 Å². The highest BCUT2D eigenvalue weighted by Gasteiger charge is 2.01. The van der Waals surface area contributed by atoms with Crippen LogP contribution in [0.1, 0.15) is 23.7 Å². The summed E-state index contributed by atoms with van der Waals surface area (Å²) in [6.45, 7) is 3.66. The van der Waals surface area contributed by atoms with Gasteiger partial charge in [0.1, 0.15) is 17.9 Å². The first-order chi connectivity index (χ1) is 7.76. The Labute approximate surface area is 94.2 Å². The molecule has 1 rings (SSSR count).